The van der Waals surface area contributed by atoms with Gasteiger partial charge in [-0.15, -0.1) is 0 Å². The van der Waals surface area contributed by atoms with Gasteiger partial charge in [0, 0.05) is 6.20 Å². The van der Waals surface area contributed by atoms with E-state index in [0.717, 1.165) is 5.56 Å². The van der Waals surface area contributed by atoms with Crippen LogP contribution in [0.1, 0.15) is 16.7 Å². The van der Waals surface area contributed by atoms with Crippen LogP contribution in [0.15, 0.2) is 11.0 Å². The second-order valence-corrected chi connectivity index (χ2v) is 5.63. The lowest BCUT2D eigenvalue weighted by Gasteiger charge is -2.16. The van der Waals surface area contributed by atoms with E-state index in [9.17, 15) is 13.2 Å². The third-order valence-corrected chi connectivity index (χ3v) is 4.01. The topological polar surface area (TPSA) is 90.8 Å². The third kappa shape index (κ3) is 1.66. The fourth-order valence-electron chi connectivity index (χ4n) is 1.67. The van der Waals surface area contributed by atoms with Crippen LogP contribution in [0.25, 0.3) is 0 Å². The van der Waals surface area contributed by atoms with Crippen LogP contribution in [0.2, 0.25) is 0 Å². The van der Waals surface area contributed by atoms with Gasteiger partial charge in [-0.1, -0.05) is 0 Å². The van der Waals surface area contributed by atoms with Gasteiger partial charge in [-0.3, -0.25) is 4.79 Å². The molecule has 0 aliphatic carbocycles. The Morgan fingerprint density at radius 3 is 2.87 bits per heavy atom. The highest BCUT2D eigenvalue weighted by Crippen LogP contribution is 2.20. The molecule has 78 valence electrons. The number of pyridine rings is 1. The smallest absolute Gasteiger partial charge is 0.266 e. The maximum absolute atomic E-state index is 11.4. The highest BCUT2D eigenvalue weighted by molar-refractivity contribution is 7.90. The Morgan fingerprint density at radius 2 is 2.20 bits per heavy atom. The number of rotatable bonds is 0. The van der Waals surface area contributed by atoms with Crippen molar-refractivity contribution < 1.29 is 8.42 Å². The molecule has 0 bridgehead atoms. The van der Waals surface area contributed by atoms with Crippen molar-refractivity contribution in [1.82, 2.24) is 4.98 Å². The Morgan fingerprint density at radius 1 is 1.47 bits per heavy atom. The van der Waals surface area contributed by atoms with Crippen molar-refractivity contribution in [2.45, 2.75) is 12.2 Å². The first-order valence-electron chi connectivity index (χ1n) is 4.37. The van der Waals surface area contributed by atoms with E-state index in [4.69, 9.17) is 5.26 Å². The lowest BCUT2D eigenvalue weighted by atomic mass is 10.0. The molecule has 0 radical (unpaired) electrons. The minimum absolute atomic E-state index is 0.0734. The summed E-state index contributed by atoms with van der Waals surface area (Å²) in [4.78, 5) is 13.7. The number of aromatic nitrogens is 1. The third-order valence-electron chi connectivity index (χ3n) is 2.45. The Labute approximate surface area is 86.3 Å². The number of fused-ring (bicyclic) bond motifs is 1. The van der Waals surface area contributed by atoms with E-state index >= 15 is 0 Å². The molecule has 1 aliphatic heterocycles. The molecular weight excluding hydrogens is 216 g/mol. The second-order valence-electron chi connectivity index (χ2n) is 3.45. The summed E-state index contributed by atoms with van der Waals surface area (Å²) < 4.78 is 22.7. The lowest BCUT2D eigenvalue weighted by molar-refractivity contribution is 0.591. The molecule has 5 nitrogen and oxygen atoms in total. The summed E-state index contributed by atoms with van der Waals surface area (Å²) in [7, 11) is -3.15. The van der Waals surface area contributed by atoms with E-state index in [0.29, 0.717) is 12.0 Å². The maximum atomic E-state index is 11.4. The van der Waals surface area contributed by atoms with Crippen LogP contribution in [0.5, 0.6) is 0 Å². The van der Waals surface area contributed by atoms with Crippen LogP contribution in [-0.2, 0) is 22.0 Å². The Bertz CT molecular complexity index is 607. The predicted molar refractivity (Wildman–Crippen MR) is 53.0 cm³/mol. The summed E-state index contributed by atoms with van der Waals surface area (Å²) in [5, 5.41) is 8.78. The number of aromatic amines is 1. The monoisotopic (exact) mass is 224 g/mol. The van der Waals surface area contributed by atoms with Gasteiger partial charge in [0.05, 0.1) is 11.5 Å². The standard InChI is InChI=1S/C9H8N2O3S/c10-3-7-8-5-15(13,14)2-1-6(8)4-11-9(7)12/h4H,1-2,5H2,(H,11,12). The average molecular weight is 224 g/mol. The average Bonchev–Trinajstić information content (AvgIpc) is 2.16. The number of hydrogen-bond donors (Lipinski definition) is 1. The van der Waals surface area contributed by atoms with Crippen molar-refractivity contribution in [3.05, 3.63) is 33.2 Å². The van der Waals surface area contributed by atoms with Crippen molar-refractivity contribution in [2.75, 3.05) is 5.75 Å². The quantitative estimate of drug-likeness (QED) is 0.656. The summed E-state index contributed by atoms with van der Waals surface area (Å²) >= 11 is 0. The number of sulfone groups is 1. The Kier molecular flexibility index (Phi) is 2.12. The molecule has 15 heavy (non-hydrogen) atoms. The van der Waals surface area contributed by atoms with Crippen LogP contribution in [0, 0.1) is 11.3 Å². The van der Waals surface area contributed by atoms with Gasteiger partial charge in [0.2, 0.25) is 0 Å². The normalized spacial score (nSPS) is 17.8. The van der Waals surface area contributed by atoms with Gasteiger partial charge in [0.15, 0.2) is 9.84 Å². The van der Waals surface area contributed by atoms with Crippen molar-refractivity contribution in [3.63, 3.8) is 0 Å². The Balaban J connectivity index is 2.72. The number of nitriles is 1. The fourth-order valence-corrected chi connectivity index (χ4v) is 3.12. The van der Waals surface area contributed by atoms with Gasteiger partial charge >= 0.3 is 0 Å². The molecule has 1 aromatic rings. The van der Waals surface area contributed by atoms with Gasteiger partial charge < -0.3 is 4.98 Å². The molecule has 0 saturated heterocycles. The summed E-state index contributed by atoms with van der Waals surface area (Å²) in [5.74, 6) is -0.119. The first-order chi connectivity index (χ1) is 7.03. The SMILES string of the molecule is N#Cc1c2c(c[nH]c1=O)CCS(=O)(=O)C2. The van der Waals surface area contributed by atoms with Gasteiger partial charge in [0.25, 0.3) is 5.56 Å². The van der Waals surface area contributed by atoms with Crippen LogP contribution in [0.3, 0.4) is 0 Å². The Hall–Kier alpha value is -1.61. The molecule has 2 heterocycles. The number of nitrogens with zero attached hydrogens (tertiary/aromatic N) is 1. The van der Waals surface area contributed by atoms with Gasteiger partial charge in [-0.2, -0.15) is 5.26 Å². The lowest BCUT2D eigenvalue weighted by Crippen LogP contribution is -2.24. The molecule has 1 aliphatic rings. The first kappa shape index (κ1) is 9.93. The van der Waals surface area contributed by atoms with Crippen molar-refractivity contribution in [2.24, 2.45) is 0 Å². The molecule has 1 aromatic heterocycles. The molecule has 0 fully saturated rings. The van der Waals surface area contributed by atoms with E-state index in [1.807, 2.05) is 0 Å². The largest absolute Gasteiger partial charge is 0.328 e. The first-order valence-corrected chi connectivity index (χ1v) is 6.19. The molecule has 0 aromatic carbocycles. The second kappa shape index (κ2) is 3.21. The minimum atomic E-state index is -3.15. The summed E-state index contributed by atoms with van der Waals surface area (Å²) in [6.07, 6.45) is 1.86. The van der Waals surface area contributed by atoms with Crippen molar-refractivity contribution in [3.8, 4) is 6.07 Å². The molecule has 6 heteroatoms. The minimum Gasteiger partial charge on any atom is -0.328 e. The number of nitrogens with one attached hydrogen (secondary N) is 1. The predicted octanol–water partition coefficient (Wildman–Crippen LogP) is -0.283. The van der Waals surface area contributed by atoms with Crippen LogP contribution in [0.4, 0.5) is 0 Å². The molecule has 0 saturated carbocycles. The highest BCUT2D eigenvalue weighted by atomic mass is 32.2. The van der Waals surface area contributed by atoms with E-state index in [-0.39, 0.29) is 17.1 Å². The van der Waals surface area contributed by atoms with Crippen molar-refractivity contribution in [1.29, 1.82) is 5.26 Å². The number of hydrogen-bond acceptors (Lipinski definition) is 4. The zero-order valence-electron chi connectivity index (χ0n) is 7.78. The molecule has 2 rings (SSSR count). The molecule has 0 amide bonds. The van der Waals surface area contributed by atoms with Crippen LogP contribution >= 0.6 is 0 Å². The summed E-state index contributed by atoms with van der Waals surface area (Å²) in [6, 6.07) is 1.75. The van der Waals surface area contributed by atoms with E-state index in [1.54, 1.807) is 6.07 Å². The van der Waals surface area contributed by atoms with Crippen LogP contribution < -0.4 is 5.56 Å². The number of H-pyrrole nitrogens is 1. The fraction of sp³-hybridized carbons (Fsp3) is 0.333. The van der Waals surface area contributed by atoms with Gasteiger partial charge in [0.1, 0.15) is 11.6 Å². The molecular formula is C9H8N2O3S. The summed E-state index contributed by atoms with van der Waals surface area (Å²) in [6.45, 7) is 0. The van der Waals surface area contributed by atoms with Crippen molar-refractivity contribution >= 4 is 9.84 Å². The van der Waals surface area contributed by atoms with E-state index in [1.165, 1.54) is 6.20 Å². The zero-order valence-corrected chi connectivity index (χ0v) is 8.60. The van der Waals surface area contributed by atoms with Crippen LogP contribution in [-0.4, -0.2) is 19.2 Å². The molecule has 1 N–H and O–H groups in total. The van der Waals surface area contributed by atoms with E-state index in [2.05, 4.69) is 4.98 Å². The summed E-state index contributed by atoms with van der Waals surface area (Å²) in [5.41, 5.74) is 0.526. The van der Waals surface area contributed by atoms with Gasteiger partial charge in [-0.25, -0.2) is 8.42 Å². The highest BCUT2D eigenvalue weighted by Gasteiger charge is 2.25. The van der Waals surface area contributed by atoms with Gasteiger partial charge in [-0.05, 0) is 17.5 Å². The molecule has 0 unspecified atom stereocenters. The molecule has 0 spiro atoms. The number of aryl methyl sites for hydroxylation is 1. The zero-order chi connectivity index (χ0) is 11.1. The maximum Gasteiger partial charge on any atom is 0.266 e. The van der Waals surface area contributed by atoms with E-state index < -0.39 is 15.4 Å². The molecule has 0 atom stereocenters.